The first-order valence-corrected chi connectivity index (χ1v) is 14.9. The van der Waals surface area contributed by atoms with Gasteiger partial charge in [-0.15, -0.1) is 0 Å². The van der Waals surface area contributed by atoms with Crippen LogP contribution in [0.15, 0.2) is 0 Å². The third kappa shape index (κ3) is 8.35. The highest BCUT2D eigenvalue weighted by Gasteiger charge is 2.52. The normalized spacial score (nSPS) is 25.3. The lowest BCUT2D eigenvalue weighted by Gasteiger charge is -2.37. The van der Waals surface area contributed by atoms with Gasteiger partial charge in [-0.2, -0.15) is 0 Å². The number of carbonyl (C=O) groups is 5. The van der Waals surface area contributed by atoms with E-state index < -0.39 is 64.5 Å². The highest BCUT2D eigenvalue weighted by molar-refractivity contribution is 5.94. The predicted octanol–water partition coefficient (Wildman–Crippen LogP) is 3.35. The van der Waals surface area contributed by atoms with Crippen LogP contribution in [0.25, 0.3) is 0 Å². The zero-order valence-electron chi connectivity index (χ0n) is 26.0. The summed E-state index contributed by atoms with van der Waals surface area (Å²) in [5.74, 6) is -2.93. The third-order valence-electron chi connectivity index (χ3n) is 8.51. The Bertz CT molecular complexity index is 1040. The largest absolute Gasteiger partial charge is 0.480 e. The Balaban J connectivity index is 1.85. The van der Waals surface area contributed by atoms with Crippen LogP contribution < -0.4 is 16.0 Å². The topological polar surface area (TPSA) is 154 Å². The fraction of sp³-hybridized carbons (Fsp3) is 0.833. The maximum atomic E-state index is 14.2. The Morgan fingerprint density at radius 2 is 1.63 bits per heavy atom. The van der Waals surface area contributed by atoms with Gasteiger partial charge < -0.3 is 30.7 Å². The molecule has 0 radical (unpaired) electrons. The number of carboxylic acid groups (broad SMARTS) is 1. The second kappa shape index (κ2) is 11.8. The number of alkyl carbamates (subject to hydrolysis) is 1. The minimum absolute atomic E-state index is 0.0348. The molecular formula is C30H50N4O7. The highest BCUT2D eigenvalue weighted by Crippen LogP contribution is 2.47. The number of likely N-dealkylation sites (tertiary alicyclic amines) is 1. The summed E-state index contributed by atoms with van der Waals surface area (Å²) in [6, 6.07) is -3.13. The van der Waals surface area contributed by atoms with E-state index in [9.17, 15) is 29.1 Å². The number of nitrogens with zero attached hydrogens (tertiary/aromatic N) is 1. The number of hydrogen-bond acceptors (Lipinski definition) is 6. The Morgan fingerprint density at radius 1 is 1.02 bits per heavy atom. The van der Waals surface area contributed by atoms with Gasteiger partial charge in [-0.25, -0.2) is 9.59 Å². The zero-order valence-corrected chi connectivity index (χ0v) is 26.0. The number of nitrogens with one attached hydrogen (secondary N) is 3. The number of amides is 4. The van der Waals surface area contributed by atoms with Crippen LogP contribution in [0.4, 0.5) is 4.79 Å². The molecule has 0 bridgehead atoms. The molecule has 11 heteroatoms. The average molecular weight is 579 g/mol. The van der Waals surface area contributed by atoms with Crippen molar-refractivity contribution in [3.05, 3.63) is 0 Å². The molecule has 0 aromatic heterocycles. The lowest BCUT2D eigenvalue weighted by atomic mass is 9.72. The molecule has 0 aromatic carbocycles. The van der Waals surface area contributed by atoms with Gasteiger partial charge in [-0.05, 0) is 77.6 Å². The standard InChI is InChI=1S/C30H50N4O7/c1-27(2,3)21(32-26(40)41-28(4,5)6)24(37)34-17-30(12-10-9-11-13-30)16-20(34)23(36)31-19(25(38)39)14-18-15-29(7,8)33-22(18)35/h18-21H,9-17H2,1-8H3,(H,31,36)(H,32,40)(H,33,35)(H,38,39)/t18-,19?,20+,21?/m1/s1. The van der Waals surface area contributed by atoms with E-state index in [0.29, 0.717) is 19.4 Å². The average Bonchev–Trinajstić information content (AvgIpc) is 3.30. The summed E-state index contributed by atoms with van der Waals surface area (Å²) in [6.07, 6.45) is 4.98. The molecule has 4 atom stereocenters. The van der Waals surface area contributed by atoms with E-state index in [2.05, 4.69) is 16.0 Å². The molecule has 41 heavy (non-hydrogen) atoms. The number of hydrogen-bond donors (Lipinski definition) is 4. The smallest absolute Gasteiger partial charge is 0.408 e. The van der Waals surface area contributed by atoms with Crippen molar-refractivity contribution in [2.24, 2.45) is 16.7 Å². The summed E-state index contributed by atoms with van der Waals surface area (Å²) in [5.41, 5.74) is -2.13. The molecular weight excluding hydrogens is 528 g/mol. The van der Waals surface area contributed by atoms with Crippen LogP contribution in [0.2, 0.25) is 0 Å². The molecule has 3 rings (SSSR count). The number of rotatable bonds is 7. The first kappa shape index (κ1) is 32.7. The van der Waals surface area contributed by atoms with Crippen LogP contribution in [-0.2, 0) is 23.9 Å². The van der Waals surface area contributed by atoms with Crippen molar-refractivity contribution >= 4 is 29.8 Å². The van der Waals surface area contributed by atoms with Gasteiger partial charge in [0, 0.05) is 18.0 Å². The van der Waals surface area contributed by atoms with Crippen molar-refractivity contribution in [1.29, 1.82) is 0 Å². The van der Waals surface area contributed by atoms with Gasteiger partial charge in [0.15, 0.2) is 0 Å². The molecule has 11 nitrogen and oxygen atoms in total. The van der Waals surface area contributed by atoms with Gasteiger partial charge >= 0.3 is 12.1 Å². The summed E-state index contributed by atoms with van der Waals surface area (Å²) >= 11 is 0. The van der Waals surface area contributed by atoms with Gasteiger partial charge in [-0.3, -0.25) is 14.4 Å². The molecule has 2 unspecified atom stereocenters. The first-order chi connectivity index (χ1) is 18.7. The molecule has 232 valence electrons. The maximum Gasteiger partial charge on any atom is 0.408 e. The highest BCUT2D eigenvalue weighted by atomic mass is 16.6. The maximum absolute atomic E-state index is 14.2. The van der Waals surface area contributed by atoms with Crippen LogP contribution in [0.3, 0.4) is 0 Å². The van der Waals surface area contributed by atoms with Crippen molar-refractivity contribution in [2.45, 2.75) is 136 Å². The molecule has 3 fully saturated rings. The number of aliphatic carboxylic acids is 1. The lowest BCUT2D eigenvalue weighted by molar-refractivity contribution is -0.145. The van der Waals surface area contributed by atoms with Crippen molar-refractivity contribution in [3.8, 4) is 0 Å². The van der Waals surface area contributed by atoms with Crippen LogP contribution in [0.5, 0.6) is 0 Å². The van der Waals surface area contributed by atoms with Gasteiger partial charge in [-0.1, -0.05) is 40.0 Å². The fourth-order valence-corrected chi connectivity index (χ4v) is 6.59. The van der Waals surface area contributed by atoms with Crippen molar-refractivity contribution in [2.75, 3.05) is 6.54 Å². The van der Waals surface area contributed by atoms with Crippen LogP contribution in [0, 0.1) is 16.7 Å². The van der Waals surface area contributed by atoms with Crippen LogP contribution in [-0.4, -0.2) is 75.6 Å². The van der Waals surface area contributed by atoms with Gasteiger partial charge in [0.25, 0.3) is 0 Å². The fourth-order valence-electron chi connectivity index (χ4n) is 6.59. The quantitative estimate of drug-likeness (QED) is 0.361. The minimum Gasteiger partial charge on any atom is -0.480 e. The van der Waals surface area contributed by atoms with E-state index in [1.165, 1.54) is 4.90 Å². The summed E-state index contributed by atoms with van der Waals surface area (Å²) in [4.78, 5) is 66.9. The molecule has 0 aromatic rings. The summed E-state index contributed by atoms with van der Waals surface area (Å²) in [5, 5.41) is 18.2. The lowest BCUT2D eigenvalue weighted by Crippen LogP contribution is -2.59. The Hall–Kier alpha value is -2.85. The van der Waals surface area contributed by atoms with E-state index in [4.69, 9.17) is 4.74 Å². The molecule has 4 amide bonds. The molecule has 4 N–H and O–H groups in total. The number of carbonyl (C=O) groups excluding carboxylic acids is 4. The third-order valence-corrected chi connectivity index (χ3v) is 8.51. The zero-order chi connectivity index (χ0) is 31.0. The molecule has 1 spiro atoms. The van der Waals surface area contributed by atoms with E-state index in [0.717, 1.165) is 32.1 Å². The second-order valence-corrected chi connectivity index (χ2v) is 15.1. The summed E-state index contributed by atoms with van der Waals surface area (Å²) in [6.45, 7) is 14.8. The second-order valence-electron chi connectivity index (χ2n) is 15.1. The Morgan fingerprint density at radius 3 is 2.12 bits per heavy atom. The van der Waals surface area contributed by atoms with E-state index >= 15 is 0 Å². The van der Waals surface area contributed by atoms with Gasteiger partial charge in [0.1, 0.15) is 23.7 Å². The van der Waals surface area contributed by atoms with Crippen LogP contribution in [0.1, 0.15) is 107 Å². The summed E-state index contributed by atoms with van der Waals surface area (Å²) < 4.78 is 5.43. The van der Waals surface area contributed by atoms with Gasteiger partial charge in [0.05, 0.1) is 0 Å². The monoisotopic (exact) mass is 578 g/mol. The molecule has 1 saturated carbocycles. The molecule has 2 heterocycles. The van der Waals surface area contributed by atoms with E-state index in [1.54, 1.807) is 20.8 Å². The van der Waals surface area contributed by atoms with E-state index in [1.807, 2.05) is 34.6 Å². The Labute approximate surface area is 243 Å². The van der Waals surface area contributed by atoms with E-state index in [-0.39, 0.29) is 17.7 Å². The minimum atomic E-state index is -1.27. The first-order valence-electron chi connectivity index (χ1n) is 14.9. The van der Waals surface area contributed by atoms with Crippen molar-refractivity contribution < 1.29 is 33.8 Å². The van der Waals surface area contributed by atoms with Crippen LogP contribution >= 0.6 is 0 Å². The SMILES string of the molecule is CC1(C)C[C@@H](CC(NC(=O)[C@@H]2CC3(CCCCC3)CN2C(=O)C(NC(=O)OC(C)(C)C)C(C)(C)C)C(=O)O)C(=O)N1. The number of ether oxygens (including phenoxy) is 1. The molecule has 2 saturated heterocycles. The molecule has 3 aliphatic rings. The van der Waals surface area contributed by atoms with Gasteiger partial charge in [0.2, 0.25) is 17.7 Å². The Kier molecular flexibility index (Phi) is 9.40. The van der Waals surface area contributed by atoms with Crippen molar-refractivity contribution in [1.82, 2.24) is 20.9 Å². The molecule has 2 aliphatic heterocycles. The summed E-state index contributed by atoms with van der Waals surface area (Å²) in [7, 11) is 0. The molecule has 1 aliphatic carbocycles. The number of carboxylic acids is 1. The predicted molar refractivity (Wildman–Crippen MR) is 153 cm³/mol. The van der Waals surface area contributed by atoms with Crippen molar-refractivity contribution in [3.63, 3.8) is 0 Å².